The minimum atomic E-state index is 0.513. The predicted molar refractivity (Wildman–Crippen MR) is 89.0 cm³/mol. The topological polar surface area (TPSA) is 60.2 Å². The summed E-state index contributed by atoms with van der Waals surface area (Å²) in [6.45, 7) is 2.76. The van der Waals surface area contributed by atoms with Gasteiger partial charge in [0.05, 0.1) is 12.3 Å². The van der Waals surface area contributed by atoms with Crippen molar-refractivity contribution in [1.82, 2.24) is 4.98 Å². The summed E-state index contributed by atoms with van der Waals surface area (Å²) in [6, 6.07) is 9.81. The van der Waals surface area contributed by atoms with E-state index in [-0.39, 0.29) is 0 Å². The van der Waals surface area contributed by atoms with Crippen molar-refractivity contribution in [3.63, 3.8) is 0 Å². The number of pyridine rings is 1. The summed E-state index contributed by atoms with van der Waals surface area (Å²) in [5.74, 6) is 1.92. The van der Waals surface area contributed by atoms with Crippen LogP contribution < -0.4 is 15.8 Å². The fourth-order valence-electron chi connectivity index (χ4n) is 2.07. The number of ether oxygens (including phenoxy) is 1. The molecule has 110 valence electrons. The molecule has 1 saturated carbocycles. The summed E-state index contributed by atoms with van der Waals surface area (Å²) in [5, 5.41) is 3.28. The standard InChI is InChI=1S/C16H18BrN3O/c1-10-6-12(17)8-13(7-10)19-15-5-4-14(18)16(20-15)21-9-11-2-3-11/h4-8,11H,2-3,9,18H2,1H3,(H,19,20). The monoisotopic (exact) mass is 347 g/mol. The first-order valence-corrected chi connectivity index (χ1v) is 7.83. The Hall–Kier alpha value is -1.75. The zero-order valence-electron chi connectivity index (χ0n) is 11.9. The van der Waals surface area contributed by atoms with Gasteiger partial charge in [0.2, 0.25) is 5.88 Å². The van der Waals surface area contributed by atoms with E-state index in [0.29, 0.717) is 24.1 Å². The van der Waals surface area contributed by atoms with Crippen molar-refractivity contribution in [3.05, 3.63) is 40.4 Å². The van der Waals surface area contributed by atoms with Crippen molar-refractivity contribution in [1.29, 1.82) is 0 Å². The first-order valence-electron chi connectivity index (χ1n) is 7.04. The van der Waals surface area contributed by atoms with E-state index in [1.807, 2.05) is 18.2 Å². The maximum atomic E-state index is 5.91. The van der Waals surface area contributed by atoms with Crippen LogP contribution in [0.5, 0.6) is 5.88 Å². The molecule has 1 heterocycles. The lowest BCUT2D eigenvalue weighted by Gasteiger charge is -2.11. The summed E-state index contributed by atoms with van der Waals surface area (Å²) in [4.78, 5) is 4.45. The second-order valence-corrected chi connectivity index (χ2v) is 6.40. The molecular formula is C16H18BrN3O. The number of nitrogen functional groups attached to an aromatic ring is 1. The molecule has 0 spiro atoms. The Morgan fingerprint density at radius 2 is 2.14 bits per heavy atom. The Morgan fingerprint density at radius 1 is 1.33 bits per heavy atom. The van der Waals surface area contributed by atoms with Gasteiger partial charge >= 0.3 is 0 Å². The Balaban J connectivity index is 1.76. The molecule has 3 rings (SSSR count). The third kappa shape index (κ3) is 3.88. The molecule has 1 aromatic carbocycles. The number of aryl methyl sites for hydroxylation is 1. The van der Waals surface area contributed by atoms with E-state index in [1.54, 1.807) is 0 Å². The number of benzene rings is 1. The van der Waals surface area contributed by atoms with E-state index >= 15 is 0 Å². The molecule has 1 fully saturated rings. The minimum Gasteiger partial charge on any atom is -0.476 e. The lowest BCUT2D eigenvalue weighted by Crippen LogP contribution is -2.05. The van der Waals surface area contributed by atoms with Gasteiger partial charge in [-0.05, 0) is 61.6 Å². The summed E-state index contributed by atoms with van der Waals surface area (Å²) in [5.41, 5.74) is 8.64. The van der Waals surface area contributed by atoms with Gasteiger partial charge in [0.15, 0.2) is 0 Å². The molecule has 1 aliphatic carbocycles. The van der Waals surface area contributed by atoms with Crippen LogP contribution in [-0.2, 0) is 0 Å². The Kier molecular flexibility index (Phi) is 4.01. The van der Waals surface area contributed by atoms with E-state index in [2.05, 4.69) is 45.3 Å². The van der Waals surface area contributed by atoms with Crippen LogP contribution in [0.15, 0.2) is 34.8 Å². The number of nitrogens with zero attached hydrogens (tertiary/aromatic N) is 1. The highest BCUT2D eigenvalue weighted by molar-refractivity contribution is 9.10. The second-order valence-electron chi connectivity index (χ2n) is 5.49. The van der Waals surface area contributed by atoms with E-state index in [1.165, 1.54) is 18.4 Å². The van der Waals surface area contributed by atoms with Crippen molar-refractivity contribution < 1.29 is 4.74 Å². The smallest absolute Gasteiger partial charge is 0.239 e. The molecule has 0 radical (unpaired) electrons. The van der Waals surface area contributed by atoms with Gasteiger partial charge in [-0.25, -0.2) is 0 Å². The van der Waals surface area contributed by atoms with Gasteiger partial charge < -0.3 is 15.8 Å². The largest absolute Gasteiger partial charge is 0.476 e. The van der Waals surface area contributed by atoms with Gasteiger partial charge in [0, 0.05) is 10.2 Å². The van der Waals surface area contributed by atoms with Gasteiger partial charge in [0.25, 0.3) is 0 Å². The quantitative estimate of drug-likeness (QED) is 0.847. The van der Waals surface area contributed by atoms with Gasteiger partial charge in [-0.1, -0.05) is 15.9 Å². The molecule has 0 unspecified atom stereocenters. The van der Waals surface area contributed by atoms with Crippen LogP contribution in [0.2, 0.25) is 0 Å². The molecule has 3 N–H and O–H groups in total. The molecular weight excluding hydrogens is 330 g/mol. The van der Waals surface area contributed by atoms with E-state index < -0.39 is 0 Å². The van der Waals surface area contributed by atoms with Gasteiger partial charge in [-0.3, -0.25) is 0 Å². The number of nitrogens with two attached hydrogens (primary N) is 1. The van der Waals surface area contributed by atoms with Gasteiger partial charge in [-0.2, -0.15) is 4.98 Å². The van der Waals surface area contributed by atoms with Crippen molar-refractivity contribution in [2.75, 3.05) is 17.7 Å². The van der Waals surface area contributed by atoms with Crippen LogP contribution in [0.25, 0.3) is 0 Å². The number of anilines is 3. The SMILES string of the molecule is Cc1cc(Br)cc(Nc2ccc(N)c(OCC3CC3)n2)c1. The maximum absolute atomic E-state index is 5.91. The fourth-order valence-corrected chi connectivity index (χ4v) is 2.68. The molecule has 0 aliphatic heterocycles. The highest BCUT2D eigenvalue weighted by atomic mass is 79.9. The first kappa shape index (κ1) is 14.2. The van der Waals surface area contributed by atoms with Crippen LogP contribution in [-0.4, -0.2) is 11.6 Å². The average molecular weight is 348 g/mol. The molecule has 1 aliphatic rings. The van der Waals surface area contributed by atoms with Crippen LogP contribution in [0, 0.1) is 12.8 Å². The molecule has 5 heteroatoms. The number of hydrogen-bond acceptors (Lipinski definition) is 4. The van der Waals surface area contributed by atoms with Crippen molar-refractivity contribution in [2.45, 2.75) is 19.8 Å². The van der Waals surface area contributed by atoms with Crippen LogP contribution in [0.1, 0.15) is 18.4 Å². The highest BCUT2D eigenvalue weighted by Gasteiger charge is 2.22. The summed E-state index contributed by atoms with van der Waals surface area (Å²) < 4.78 is 6.73. The second kappa shape index (κ2) is 5.93. The Labute approximate surface area is 132 Å². The average Bonchev–Trinajstić information content (AvgIpc) is 3.22. The van der Waals surface area contributed by atoms with Crippen LogP contribution in [0.3, 0.4) is 0 Å². The minimum absolute atomic E-state index is 0.513. The Bertz CT molecular complexity index is 636. The molecule has 0 bridgehead atoms. The van der Waals surface area contributed by atoms with Crippen LogP contribution >= 0.6 is 15.9 Å². The fraction of sp³-hybridized carbons (Fsp3) is 0.312. The molecule has 0 atom stereocenters. The van der Waals surface area contributed by atoms with Crippen molar-refractivity contribution in [3.8, 4) is 5.88 Å². The third-order valence-corrected chi connectivity index (χ3v) is 3.81. The zero-order chi connectivity index (χ0) is 14.8. The Morgan fingerprint density at radius 3 is 2.86 bits per heavy atom. The van der Waals surface area contributed by atoms with Gasteiger partial charge in [-0.15, -0.1) is 0 Å². The van der Waals surface area contributed by atoms with E-state index in [4.69, 9.17) is 10.5 Å². The number of rotatable bonds is 5. The third-order valence-electron chi connectivity index (χ3n) is 3.36. The normalized spacial score (nSPS) is 14.0. The predicted octanol–water partition coefficient (Wildman–Crippen LogP) is 4.27. The lowest BCUT2D eigenvalue weighted by molar-refractivity contribution is 0.290. The molecule has 2 aromatic rings. The zero-order valence-corrected chi connectivity index (χ0v) is 13.5. The molecule has 0 saturated heterocycles. The molecule has 4 nitrogen and oxygen atoms in total. The molecule has 21 heavy (non-hydrogen) atoms. The number of aromatic nitrogens is 1. The number of nitrogens with one attached hydrogen (secondary N) is 1. The first-order chi connectivity index (χ1) is 10.1. The summed E-state index contributed by atoms with van der Waals surface area (Å²) in [7, 11) is 0. The van der Waals surface area contributed by atoms with E-state index in [0.717, 1.165) is 16.0 Å². The van der Waals surface area contributed by atoms with E-state index in [9.17, 15) is 0 Å². The summed E-state index contributed by atoms with van der Waals surface area (Å²) >= 11 is 3.50. The summed E-state index contributed by atoms with van der Waals surface area (Å²) in [6.07, 6.45) is 2.49. The molecule has 1 aromatic heterocycles. The number of halogens is 1. The van der Waals surface area contributed by atoms with Crippen molar-refractivity contribution in [2.24, 2.45) is 5.92 Å². The van der Waals surface area contributed by atoms with Crippen molar-refractivity contribution >= 4 is 33.1 Å². The van der Waals surface area contributed by atoms with Crippen LogP contribution in [0.4, 0.5) is 17.2 Å². The maximum Gasteiger partial charge on any atom is 0.239 e. The number of hydrogen-bond donors (Lipinski definition) is 2. The molecule has 0 amide bonds. The lowest BCUT2D eigenvalue weighted by atomic mass is 10.2. The highest BCUT2D eigenvalue weighted by Crippen LogP contribution is 2.31. The van der Waals surface area contributed by atoms with Gasteiger partial charge in [0.1, 0.15) is 5.82 Å².